The van der Waals surface area contributed by atoms with Gasteiger partial charge in [0, 0.05) is 5.69 Å². The quantitative estimate of drug-likeness (QED) is 0.843. The molecular formula is C14H14N4. The molecular weight excluding hydrogens is 224 g/mol. The smallest absolute Gasteiger partial charge is 0.130 e. The molecule has 0 saturated carbocycles. The summed E-state index contributed by atoms with van der Waals surface area (Å²) >= 11 is 0. The SMILES string of the molecule is Cc1cc(Nc2cc(C#N)ccc2C)ncc1N. The molecule has 0 spiro atoms. The van der Waals surface area contributed by atoms with Crippen LogP contribution in [0.15, 0.2) is 30.5 Å². The molecule has 2 rings (SSSR count). The Hall–Kier alpha value is -2.54. The summed E-state index contributed by atoms with van der Waals surface area (Å²) in [4.78, 5) is 4.21. The zero-order chi connectivity index (χ0) is 13.1. The van der Waals surface area contributed by atoms with Crippen molar-refractivity contribution in [1.29, 1.82) is 5.26 Å². The van der Waals surface area contributed by atoms with Gasteiger partial charge < -0.3 is 11.1 Å². The number of pyridine rings is 1. The topological polar surface area (TPSA) is 74.7 Å². The Morgan fingerprint density at radius 1 is 1.22 bits per heavy atom. The summed E-state index contributed by atoms with van der Waals surface area (Å²) in [5, 5.41) is 12.1. The minimum Gasteiger partial charge on any atom is -0.397 e. The van der Waals surface area contributed by atoms with E-state index in [1.165, 1.54) is 0 Å². The predicted molar refractivity (Wildman–Crippen MR) is 72.6 cm³/mol. The lowest BCUT2D eigenvalue weighted by Crippen LogP contribution is -1.99. The third-order valence-corrected chi connectivity index (χ3v) is 2.78. The number of hydrogen-bond acceptors (Lipinski definition) is 4. The van der Waals surface area contributed by atoms with Crippen molar-refractivity contribution in [3.05, 3.63) is 47.2 Å². The van der Waals surface area contributed by atoms with Crippen molar-refractivity contribution in [3.63, 3.8) is 0 Å². The summed E-state index contributed by atoms with van der Waals surface area (Å²) in [6.45, 7) is 3.91. The van der Waals surface area contributed by atoms with E-state index in [9.17, 15) is 0 Å². The van der Waals surface area contributed by atoms with Crippen LogP contribution < -0.4 is 11.1 Å². The fourth-order valence-electron chi connectivity index (χ4n) is 1.60. The second-order valence-electron chi connectivity index (χ2n) is 4.19. The molecule has 0 amide bonds. The maximum Gasteiger partial charge on any atom is 0.130 e. The highest BCUT2D eigenvalue weighted by atomic mass is 15.0. The number of aromatic nitrogens is 1. The summed E-state index contributed by atoms with van der Waals surface area (Å²) in [6, 6.07) is 9.51. The number of anilines is 3. The van der Waals surface area contributed by atoms with Gasteiger partial charge in [-0.2, -0.15) is 5.26 Å². The summed E-state index contributed by atoms with van der Waals surface area (Å²) in [7, 11) is 0. The van der Waals surface area contributed by atoms with Crippen molar-refractivity contribution in [1.82, 2.24) is 4.98 Å². The molecule has 18 heavy (non-hydrogen) atoms. The lowest BCUT2D eigenvalue weighted by Gasteiger charge is -2.10. The van der Waals surface area contributed by atoms with Gasteiger partial charge in [0.25, 0.3) is 0 Å². The van der Waals surface area contributed by atoms with Crippen LogP contribution in [0.3, 0.4) is 0 Å². The van der Waals surface area contributed by atoms with Crippen molar-refractivity contribution in [2.24, 2.45) is 0 Å². The van der Waals surface area contributed by atoms with Crippen molar-refractivity contribution in [2.45, 2.75) is 13.8 Å². The third-order valence-electron chi connectivity index (χ3n) is 2.78. The number of nitrogen functional groups attached to an aromatic ring is 1. The van der Waals surface area contributed by atoms with Crippen molar-refractivity contribution < 1.29 is 0 Å². The van der Waals surface area contributed by atoms with E-state index in [0.29, 0.717) is 11.3 Å². The van der Waals surface area contributed by atoms with Crippen LogP contribution in [0.1, 0.15) is 16.7 Å². The average molecular weight is 238 g/mol. The lowest BCUT2D eigenvalue weighted by atomic mass is 10.1. The van der Waals surface area contributed by atoms with Gasteiger partial charge in [-0.25, -0.2) is 4.98 Å². The van der Waals surface area contributed by atoms with Gasteiger partial charge in [-0.1, -0.05) is 6.07 Å². The largest absolute Gasteiger partial charge is 0.397 e. The van der Waals surface area contributed by atoms with Crippen LogP contribution in [-0.2, 0) is 0 Å². The van der Waals surface area contributed by atoms with E-state index in [1.54, 1.807) is 12.3 Å². The molecule has 0 aliphatic heterocycles. The lowest BCUT2D eigenvalue weighted by molar-refractivity contribution is 1.27. The van der Waals surface area contributed by atoms with Crippen LogP contribution in [-0.4, -0.2) is 4.98 Å². The van der Waals surface area contributed by atoms with Gasteiger partial charge in [0.15, 0.2) is 0 Å². The number of nitrogens with zero attached hydrogens (tertiary/aromatic N) is 2. The molecule has 3 N–H and O–H groups in total. The Balaban J connectivity index is 2.33. The summed E-state index contributed by atoms with van der Waals surface area (Å²) in [5.74, 6) is 0.722. The molecule has 0 bridgehead atoms. The first kappa shape index (κ1) is 11.9. The Morgan fingerprint density at radius 3 is 2.67 bits per heavy atom. The summed E-state index contributed by atoms with van der Waals surface area (Å²) in [6.07, 6.45) is 1.63. The van der Waals surface area contributed by atoms with E-state index in [-0.39, 0.29) is 0 Å². The molecule has 1 aromatic heterocycles. The third kappa shape index (κ3) is 2.41. The number of nitriles is 1. The molecule has 4 heteroatoms. The van der Waals surface area contributed by atoms with Gasteiger partial charge in [-0.3, -0.25) is 0 Å². The second kappa shape index (κ2) is 4.76. The monoisotopic (exact) mass is 238 g/mol. The molecule has 0 fully saturated rings. The van der Waals surface area contributed by atoms with E-state index in [4.69, 9.17) is 11.0 Å². The van der Waals surface area contributed by atoms with Crippen LogP contribution >= 0.6 is 0 Å². The van der Waals surface area contributed by atoms with Crippen molar-refractivity contribution in [2.75, 3.05) is 11.1 Å². The Morgan fingerprint density at radius 2 is 2.00 bits per heavy atom. The first-order valence-electron chi connectivity index (χ1n) is 5.60. The van der Waals surface area contributed by atoms with Crippen molar-refractivity contribution >= 4 is 17.2 Å². The molecule has 0 aliphatic carbocycles. The molecule has 0 atom stereocenters. The molecule has 0 radical (unpaired) electrons. The maximum atomic E-state index is 8.89. The number of rotatable bonds is 2. The molecule has 4 nitrogen and oxygen atoms in total. The molecule has 1 aromatic carbocycles. The highest BCUT2D eigenvalue weighted by Crippen LogP contribution is 2.22. The number of aryl methyl sites for hydroxylation is 2. The fourth-order valence-corrected chi connectivity index (χ4v) is 1.60. The molecule has 0 unspecified atom stereocenters. The van der Waals surface area contributed by atoms with E-state index < -0.39 is 0 Å². The van der Waals surface area contributed by atoms with Crippen LogP contribution in [0.5, 0.6) is 0 Å². The zero-order valence-corrected chi connectivity index (χ0v) is 10.4. The van der Waals surface area contributed by atoms with E-state index in [0.717, 1.165) is 22.6 Å². The number of nitrogens with two attached hydrogens (primary N) is 1. The summed E-state index contributed by atoms with van der Waals surface area (Å²) < 4.78 is 0. The maximum absolute atomic E-state index is 8.89. The van der Waals surface area contributed by atoms with E-state index in [2.05, 4.69) is 16.4 Å². The molecule has 0 saturated heterocycles. The first-order chi connectivity index (χ1) is 8.60. The summed E-state index contributed by atoms with van der Waals surface area (Å²) in [5.41, 5.74) is 9.93. The van der Waals surface area contributed by atoms with E-state index >= 15 is 0 Å². The van der Waals surface area contributed by atoms with Crippen LogP contribution in [0.2, 0.25) is 0 Å². The van der Waals surface area contributed by atoms with Gasteiger partial charge >= 0.3 is 0 Å². The number of hydrogen-bond donors (Lipinski definition) is 2. The Bertz CT molecular complexity index is 626. The highest BCUT2D eigenvalue weighted by molar-refractivity contribution is 5.64. The molecule has 90 valence electrons. The second-order valence-corrected chi connectivity index (χ2v) is 4.19. The fraction of sp³-hybridized carbons (Fsp3) is 0.143. The number of nitrogens with one attached hydrogen (secondary N) is 1. The molecule has 1 heterocycles. The van der Waals surface area contributed by atoms with Gasteiger partial charge in [-0.05, 0) is 43.2 Å². The van der Waals surface area contributed by atoms with Gasteiger partial charge in [0.1, 0.15) is 5.82 Å². The molecule has 2 aromatic rings. The van der Waals surface area contributed by atoms with Crippen LogP contribution in [0.4, 0.5) is 17.2 Å². The van der Waals surface area contributed by atoms with Gasteiger partial charge in [-0.15, -0.1) is 0 Å². The predicted octanol–water partition coefficient (Wildman–Crippen LogP) is 2.90. The number of benzene rings is 1. The van der Waals surface area contributed by atoms with Gasteiger partial charge in [0.05, 0.1) is 23.5 Å². The molecule has 0 aliphatic rings. The first-order valence-corrected chi connectivity index (χ1v) is 5.60. The zero-order valence-electron chi connectivity index (χ0n) is 10.4. The average Bonchev–Trinajstić information content (AvgIpc) is 2.36. The van der Waals surface area contributed by atoms with Crippen molar-refractivity contribution in [3.8, 4) is 6.07 Å². The van der Waals surface area contributed by atoms with E-state index in [1.807, 2.05) is 32.0 Å². The Kier molecular flexibility index (Phi) is 3.16. The minimum atomic E-state index is 0.621. The van der Waals surface area contributed by atoms with Crippen LogP contribution in [0, 0.1) is 25.2 Å². The normalized spacial score (nSPS) is 9.83. The van der Waals surface area contributed by atoms with Gasteiger partial charge in [0.2, 0.25) is 0 Å². The van der Waals surface area contributed by atoms with Crippen LogP contribution in [0.25, 0.3) is 0 Å². The standard InChI is InChI=1S/C14H14N4/c1-9-3-4-11(7-15)6-13(9)18-14-5-10(2)12(16)8-17-14/h3-6,8H,16H2,1-2H3,(H,17,18). The Labute approximate surface area is 106 Å². The minimum absolute atomic E-state index is 0.621. The highest BCUT2D eigenvalue weighted by Gasteiger charge is 2.03.